The molecule has 0 spiro atoms. The van der Waals surface area contributed by atoms with Gasteiger partial charge in [-0.15, -0.1) is 0 Å². The normalized spacial score (nSPS) is 26.1. The van der Waals surface area contributed by atoms with Gasteiger partial charge in [-0.1, -0.05) is 18.2 Å². The molecule has 18 heavy (non-hydrogen) atoms. The van der Waals surface area contributed by atoms with E-state index in [-0.39, 0.29) is 23.9 Å². The topological polar surface area (TPSA) is 49.4 Å². The first-order chi connectivity index (χ1) is 8.66. The second-order valence-corrected chi connectivity index (χ2v) is 5.05. The van der Waals surface area contributed by atoms with Crippen molar-refractivity contribution in [3.8, 4) is 0 Å². The van der Waals surface area contributed by atoms with Crippen LogP contribution in [-0.2, 0) is 4.79 Å². The van der Waals surface area contributed by atoms with Crippen LogP contribution in [0.5, 0.6) is 0 Å². The molecule has 0 saturated carbocycles. The fourth-order valence-corrected chi connectivity index (χ4v) is 2.95. The molecular formula is C14H16N2O2. The molecule has 0 aromatic heterocycles. The van der Waals surface area contributed by atoms with Crippen LogP contribution in [0, 0.1) is 6.92 Å². The minimum Gasteiger partial charge on any atom is -0.351 e. The minimum atomic E-state index is 0.0459. The predicted molar refractivity (Wildman–Crippen MR) is 67.2 cm³/mol. The summed E-state index contributed by atoms with van der Waals surface area (Å²) in [5, 5.41) is 2.93. The van der Waals surface area contributed by atoms with E-state index in [0.29, 0.717) is 6.42 Å². The lowest BCUT2D eigenvalue weighted by Gasteiger charge is -2.23. The maximum Gasteiger partial charge on any atom is 0.254 e. The molecule has 1 aromatic carbocycles. The number of likely N-dealkylation sites (tertiary alicyclic amines) is 1. The highest BCUT2D eigenvalue weighted by atomic mass is 16.2. The van der Waals surface area contributed by atoms with E-state index in [0.717, 1.165) is 24.1 Å². The Bertz CT molecular complexity index is 512. The van der Waals surface area contributed by atoms with Crippen molar-refractivity contribution in [2.45, 2.75) is 31.8 Å². The Morgan fingerprint density at radius 3 is 2.94 bits per heavy atom. The first-order valence-electron chi connectivity index (χ1n) is 6.33. The molecule has 2 atom stereocenters. The van der Waals surface area contributed by atoms with Gasteiger partial charge < -0.3 is 10.2 Å². The number of aryl methyl sites for hydroxylation is 1. The van der Waals surface area contributed by atoms with Crippen molar-refractivity contribution >= 4 is 11.8 Å². The van der Waals surface area contributed by atoms with Crippen molar-refractivity contribution in [2.75, 3.05) is 6.54 Å². The van der Waals surface area contributed by atoms with Crippen LogP contribution >= 0.6 is 0 Å². The zero-order valence-electron chi connectivity index (χ0n) is 10.3. The van der Waals surface area contributed by atoms with Crippen LogP contribution < -0.4 is 5.32 Å². The quantitative estimate of drug-likeness (QED) is 0.804. The smallest absolute Gasteiger partial charge is 0.254 e. The zero-order valence-corrected chi connectivity index (χ0v) is 10.3. The van der Waals surface area contributed by atoms with E-state index in [2.05, 4.69) is 5.32 Å². The molecular weight excluding hydrogens is 228 g/mol. The number of hydrogen-bond donors (Lipinski definition) is 1. The molecule has 94 valence electrons. The molecule has 1 N–H and O–H groups in total. The predicted octanol–water partition coefficient (Wildman–Crippen LogP) is 1.10. The number of carbonyl (C=O) groups is 2. The lowest BCUT2D eigenvalue weighted by molar-refractivity contribution is -0.119. The number of amides is 2. The first-order valence-corrected chi connectivity index (χ1v) is 6.33. The molecule has 1 aromatic rings. The average Bonchev–Trinajstić information content (AvgIpc) is 2.87. The largest absolute Gasteiger partial charge is 0.351 e. The number of fused-ring (bicyclic) bond motifs is 1. The standard InChI is InChI=1S/C14H16N2O2/c1-9-4-2-3-5-10(9)14(18)16-7-6-11-12(16)8-13(17)15-11/h2-5,11-12H,6-8H2,1H3,(H,15,17)/t11-,12+/m1/s1. The van der Waals surface area contributed by atoms with E-state index in [9.17, 15) is 9.59 Å². The van der Waals surface area contributed by atoms with E-state index in [1.165, 1.54) is 0 Å². The summed E-state index contributed by atoms with van der Waals surface area (Å²) in [6.07, 6.45) is 1.32. The third kappa shape index (κ3) is 1.68. The third-order valence-corrected chi connectivity index (χ3v) is 3.92. The number of hydrogen-bond acceptors (Lipinski definition) is 2. The first kappa shape index (κ1) is 11.3. The summed E-state index contributed by atoms with van der Waals surface area (Å²) < 4.78 is 0. The number of benzene rings is 1. The van der Waals surface area contributed by atoms with Gasteiger partial charge in [0, 0.05) is 18.5 Å². The number of nitrogens with zero attached hydrogens (tertiary/aromatic N) is 1. The van der Waals surface area contributed by atoms with Crippen LogP contribution in [0.1, 0.15) is 28.8 Å². The molecule has 2 aliphatic rings. The van der Waals surface area contributed by atoms with Gasteiger partial charge in [0.05, 0.1) is 12.1 Å². The van der Waals surface area contributed by atoms with Gasteiger partial charge in [0.2, 0.25) is 5.91 Å². The van der Waals surface area contributed by atoms with Crippen molar-refractivity contribution in [1.82, 2.24) is 10.2 Å². The van der Waals surface area contributed by atoms with E-state index in [1.807, 2.05) is 36.1 Å². The highest BCUT2D eigenvalue weighted by molar-refractivity contribution is 5.96. The second kappa shape index (κ2) is 4.12. The lowest BCUT2D eigenvalue weighted by atomic mass is 10.1. The number of rotatable bonds is 1. The zero-order chi connectivity index (χ0) is 12.7. The minimum absolute atomic E-state index is 0.0459. The van der Waals surface area contributed by atoms with Gasteiger partial charge in [-0.3, -0.25) is 9.59 Å². The summed E-state index contributed by atoms with van der Waals surface area (Å²) in [5.74, 6) is 0.115. The molecule has 2 amide bonds. The molecule has 2 aliphatic heterocycles. The Balaban J connectivity index is 1.86. The SMILES string of the molecule is Cc1ccccc1C(=O)N1CC[C@H]2NC(=O)C[C@@H]21. The summed E-state index contributed by atoms with van der Waals surface area (Å²) in [5.41, 5.74) is 1.74. The summed E-state index contributed by atoms with van der Waals surface area (Å²) in [6, 6.07) is 7.81. The molecule has 0 bridgehead atoms. The Morgan fingerprint density at radius 2 is 2.17 bits per heavy atom. The van der Waals surface area contributed by atoms with Crippen LogP contribution in [-0.4, -0.2) is 35.3 Å². The molecule has 0 radical (unpaired) electrons. The van der Waals surface area contributed by atoms with Gasteiger partial charge >= 0.3 is 0 Å². The van der Waals surface area contributed by atoms with E-state index in [4.69, 9.17) is 0 Å². The number of nitrogens with one attached hydrogen (secondary N) is 1. The van der Waals surface area contributed by atoms with Crippen molar-refractivity contribution < 1.29 is 9.59 Å². The maximum atomic E-state index is 12.5. The van der Waals surface area contributed by atoms with Gasteiger partial charge in [-0.05, 0) is 25.0 Å². The fourth-order valence-electron chi connectivity index (χ4n) is 2.95. The molecule has 2 fully saturated rings. The molecule has 3 rings (SSSR count). The van der Waals surface area contributed by atoms with Gasteiger partial charge in [0.25, 0.3) is 5.91 Å². The number of carbonyl (C=O) groups excluding carboxylic acids is 2. The maximum absolute atomic E-state index is 12.5. The van der Waals surface area contributed by atoms with Crippen molar-refractivity contribution in [3.63, 3.8) is 0 Å². The van der Waals surface area contributed by atoms with Crippen LogP contribution in [0.15, 0.2) is 24.3 Å². The van der Waals surface area contributed by atoms with E-state index >= 15 is 0 Å². The van der Waals surface area contributed by atoms with E-state index < -0.39 is 0 Å². The van der Waals surface area contributed by atoms with E-state index in [1.54, 1.807) is 0 Å². The Labute approximate surface area is 106 Å². The van der Waals surface area contributed by atoms with Crippen LogP contribution in [0.25, 0.3) is 0 Å². The van der Waals surface area contributed by atoms with Crippen molar-refractivity contribution in [3.05, 3.63) is 35.4 Å². The molecule has 2 saturated heterocycles. The van der Waals surface area contributed by atoms with Gasteiger partial charge in [0.1, 0.15) is 0 Å². The Morgan fingerprint density at radius 1 is 1.39 bits per heavy atom. The van der Waals surface area contributed by atoms with Crippen LogP contribution in [0.3, 0.4) is 0 Å². The molecule has 4 heteroatoms. The third-order valence-electron chi connectivity index (χ3n) is 3.92. The van der Waals surface area contributed by atoms with Gasteiger partial charge in [-0.2, -0.15) is 0 Å². The fraction of sp³-hybridized carbons (Fsp3) is 0.429. The Hall–Kier alpha value is -1.84. The summed E-state index contributed by atoms with van der Waals surface area (Å²) >= 11 is 0. The monoisotopic (exact) mass is 244 g/mol. The van der Waals surface area contributed by atoms with Gasteiger partial charge in [-0.25, -0.2) is 0 Å². The van der Waals surface area contributed by atoms with Crippen LogP contribution in [0.4, 0.5) is 0 Å². The average molecular weight is 244 g/mol. The molecule has 4 nitrogen and oxygen atoms in total. The van der Waals surface area contributed by atoms with Crippen molar-refractivity contribution in [2.24, 2.45) is 0 Å². The van der Waals surface area contributed by atoms with Crippen LogP contribution in [0.2, 0.25) is 0 Å². The molecule has 2 heterocycles. The molecule has 0 aliphatic carbocycles. The molecule has 0 unspecified atom stereocenters. The lowest BCUT2D eigenvalue weighted by Crippen LogP contribution is -2.38. The summed E-state index contributed by atoms with van der Waals surface area (Å²) in [7, 11) is 0. The second-order valence-electron chi connectivity index (χ2n) is 5.05. The highest BCUT2D eigenvalue weighted by Crippen LogP contribution is 2.27. The highest BCUT2D eigenvalue weighted by Gasteiger charge is 2.43. The Kier molecular flexibility index (Phi) is 2.58. The van der Waals surface area contributed by atoms with Gasteiger partial charge in [0.15, 0.2) is 0 Å². The summed E-state index contributed by atoms with van der Waals surface area (Å²) in [6.45, 7) is 2.68. The van der Waals surface area contributed by atoms with Crippen molar-refractivity contribution in [1.29, 1.82) is 0 Å². The summed E-state index contributed by atoms with van der Waals surface area (Å²) in [4.78, 5) is 25.7.